The molecule has 2 aromatic rings. The second kappa shape index (κ2) is 9.54. The molecule has 148 valence electrons. The molecule has 3 rings (SSSR count). The van der Waals surface area contributed by atoms with Gasteiger partial charge in [0, 0.05) is 11.7 Å². The zero-order valence-corrected chi connectivity index (χ0v) is 18.0. The zero-order chi connectivity index (χ0) is 20.1. The van der Waals surface area contributed by atoms with Gasteiger partial charge in [0.15, 0.2) is 15.5 Å². The number of nitrogens with one attached hydrogen (secondary N) is 3. The molecule has 0 aliphatic heterocycles. The number of hydrogen-bond donors (Lipinski definition) is 3. The topological polar surface area (TPSA) is 83.4 Å². The third-order valence-electron chi connectivity index (χ3n) is 4.43. The molecule has 0 spiro atoms. The maximum atomic E-state index is 12.6. The molecule has 28 heavy (non-hydrogen) atoms. The van der Waals surface area contributed by atoms with Crippen molar-refractivity contribution in [3.8, 4) is 0 Å². The van der Waals surface area contributed by atoms with Crippen molar-refractivity contribution in [2.45, 2.75) is 38.1 Å². The molecule has 2 amide bonds. The first-order valence-electron chi connectivity index (χ1n) is 8.90. The monoisotopic (exact) mass is 483 g/mol. The molecule has 1 heterocycles. The second-order valence-electron chi connectivity index (χ2n) is 6.52. The van der Waals surface area contributed by atoms with Crippen molar-refractivity contribution in [2.24, 2.45) is 0 Å². The average Bonchev–Trinajstić information content (AvgIpc) is 3.10. The molecule has 1 aromatic carbocycles. The first-order chi connectivity index (χ1) is 13.4. The van der Waals surface area contributed by atoms with E-state index in [1.54, 1.807) is 24.3 Å². The predicted molar refractivity (Wildman–Crippen MR) is 116 cm³/mol. The molecule has 6 nitrogen and oxygen atoms in total. The van der Waals surface area contributed by atoms with Gasteiger partial charge in [0.05, 0.1) is 10.6 Å². The molecule has 0 bridgehead atoms. The molecule has 0 unspecified atom stereocenters. The lowest BCUT2D eigenvalue weighted by Crippen LogP contribution is -2.36. The highest BCUT2D eigenvalue weighted by atomic mass is 79.9. The van der Waals surface area contributed by atoms with E-state index < -0.39 is 5.91 Å². The normalized spacial score (nSPS) is 14.4. The van der Waals surface area contributed by atoms with Gasteiger partial charge in [-0.05, 0) is 71.3 Å². The fourth-order valence-electron chi connectivity index (χ4n) is 3.05. The second-order valence-corrected chi connectivity index (χ2v) is 8.11. The lowest BCUT2D eigenvalue weighted by atomic mass is 9.95. The Morgan fingerprint density at radius 2 is 1.86 bits per heavy atom. The summed E-state index contributed by atoms with van der Waals surface area (Å²) in [7, 11) is 0. The van der Waals surface area contributed by atoms with Crippen LogP contribution in [0.15, 0.2) is 39.4 Å². The summed E-state index contributed by atoms with van der Waals surface area (Å²) in [4.78, 5) is 24.7. The summed E-state index contributed by atoms with van der Waals surface area (Å²) in [5.41, 5.74) is 0.908. The minimum atomic E-state index is -0.479. The molecular formula is C19H19BrClN3O3S. The fraction of sp³-hybridized carbons (Fsp3) is 0.316. The molecule has 0 radical (unpaired) electrons. The minimum Gasteiger partial charge on any atom is -0.444 e. The SMILES string of the molecule is O=C(NC(=S)Nc1ccc(Cl)c(C(=O)NC2CCCCC2)c1)c1ccc(Br)o1. The van der Waals surface area contributed by atoms with Gasteiger partial charge in [-0.2, -0.15) is 0 Å². The van der Waals surface area contributed by atoms with Crippen LogP contribution in [0.1, 0.15) is 53.0 Å². The van der Waals surface area contributed by atoms with Crippen LogP contribution in [0, 0.1) is 0 Å². The Hall–Kier alpha value is -1.90. The van der Waals surface area contributed by atoms with E-state index in [0.717, 1.165) is 25.7 Å². The van der Waals surface area contributed by atoms with Crippen LogP contribution in [0.2, 0.25) is 5.02 Å². The number of anilines is 1. The van der Waals surface area contributed by atoms with Crippen LogP contribution < -0.4 is 16.0 Å². The predicted octanol–water partition coefficient (Wildman–Crippen LogP) is 4.88. The molecule has 1 fully saturated rings. The van der Waals surface area contributed by atoms with Gasteiger partial charge in [0.2, 0.25) is 0 Å². The number of hydrogen-bond acceptors (Lipinski definition) is 4. The first-order valence-corrected chi connectivity index (χ1v) is 10.5. The highest BCUT2D eigenvalue weighted by Crippen LogP contribution is 2.23. The number of furan rings is 1. The smallest absolute Gasteiger partial charge is 0.293 e. The summed E-state index contributed by atoms with van der Waals surface area (Å²) in [6, 6.07) is 8.24. The Morgan fingerprint density at radius 1 is 1.11 bits per heavy atom. The Labute approximate surface area is 181 Å². The highest BCUT2D eigenvalue weighted by molar-refractivity contribution is 9.10. The van der Waals surface area contributed by atoms with Crippen molar-refractivity contribution in [3.05, 3.63) is 51.3 Å². The summed E-state index contributed by atoms with van der Waals surface area (Å²) in [6.07, 6.45) is 5.44. The number of benzene rings is 1. The van der Waals surface area contributed by atoms with Crippen LogP contribution in [0.4, 0.5) is 5.69 Å². The summed E-state index contributed by atoms with van der Waals surface area (Å²) >= 11 is 14.5. The average molecular weight is 485 g/mol. The Kier molecular flexibility index (Phi) is 7.09. The van der Waals surface area contributed by atoms with E-state index in [2.05, 4.69) is 31.9 Å². The number of carbonyl (C=O) groups excluding carboxylic acids is 2. The first kappa shape index (κ1) is 20.8. The minimum absolute atomic E-state index is 0.0819. The van der Waals surface area contributed by atoms with Crippen molar-refractivity contribution < 1.29 is 14.0 Å². The Bertz CT molecular complexity index is 896. The molecule has 1 aromatic heterocycles. The number of carbonyl (C=O) groups is 2. The summed E-state index contributed by atoms with van der Waals surface area (Å²) in [5, 5.41) is 8.88. The summed E-state index contributed by atoms with van der Waals surface area (Å²) < 4.78 is 5.63. The number of thiocarbonyl (C=S) groups is 1. The fourth-order valence-corrected chi connectivity index (χ4v) is 3.77. The summed E-state index contributed by atoms with van der Waals surface area (Å²) in [5.74, 6) is -0.567. The van der Waals surface area contributed by atoms with Crippen LogP contribution in [-0.4, -0.2) is 23.0 Å². The molecule has 9 heteroatoms. The van der Waals surface area contributed by atoms with Crippen molar-refractivity contribution in [1.82, 2.24) is 10.6 Å². The molecular weight excluding hydrogens is 466 g/mol. The third kappa shape index (κ3) is 5.56. The van der Waals surface area contributed by atoms with Gasteiger partial charge >= 0.3 is 0 Å². The highest BCUT2D eigenvalue weighted by Gasteiger charge is 2.19. The van der Waals surface area contributed by atoms with Gasteiger partial charge in [0.1, 0.15) is 0 Å². The van der Waals surface area contributed by atoms with Crippen LogP contribution in [-0.2, 0) is 0 Å². The van der Waals surface area contributed by atoms with Gasteiger partial charge in [-0.25, -0.2) is 0 Å². The van der Waals surface area contributed by atoms with Crippen molar-refractivity contribution in [2.75, 3.05) is 5.32 Å². The van der Waals surface area contributed by atoms with E-state index in [4.69, 9.17) is 28.2 Å². The van der Waals surface area contributed by atoms with Crippen LogP contribution in [0.25, 0.3) is 0 Å². The van der Waals surface area contributed by atoms with E-state index in [1.165, 1.54) is 12.5 Å². The van der Waals surface area contributed by atoms with E-state index in [1.807, 2.05) is 0 Å². The van der Waals surface area contributed by atoms with Gasteiger partial charge < -0.3 is 15.1 Å². The molecule has 1 aliphatic carbocycles. The maximum Gasteiger partial charge on any atom is 0.293 e. The van der Waals surface area contributed by atoms with Crippen LogP contribution >= 0.6 is 39.7 Å². The van der Waals surface area contributed by atoms with Gasteiger partial charge in [-0.3, -0.25) is 14.9 Å². The lowest BCUT2D eigenvalue weighted by molar-refractivity contribution is 0.0925. The largest absolute Gasteiger partial charge is 0.444 e. The zero-order valence-electron chi connectivity index (χ0n) is 14.9. The molecule has 3 N–H and O–H groups in total. The number of amides is 2. The third-order valence-corrected chi connectivity index (χ3v) is 5.39. The Morgan fingerprint density at radius 3 is 2.54 bits per heavy atom. The molecule has 1 saturated carbocycles. The standard InChI is InChI=1S/C19H19BrClN3O3S/c20-16-9-8-15(27-16)18(26)24-19(28)23-12-6-7-14(21)13(10-12)17(25)22-11-4-2-1-3-5-11/h6-11H,1-5H2,(H,22,25)(H2,23,24,26,28). The molecule has 1 aliphatic rings. The molecule has 0 saturated heterocycles. The molecule has 0 atom stereocenters. The van der Waals surface area contributed by atoms with E-state index in [-0.39, 0.29) is 22.8 Å². The maximum absolute atomic E-state index is 12.6. The van der Waals surface area contributed by atoms with Gasteiger partial charge in [0.25, 0.3) is 11.8 Å². The van der Waals surface area contributed by atoms with Crippen LogP contribution in [0.3, 0.4) is 0 Å². The van der Waals surface area contributed by atoms with Gasteiger partial charge in [-0.15, -0.1) is 0 Å². The summed E-state index contributed by atoms with van der Waals surface area (Å²) in [6.45, 7) is 0. The van der Waals surface area contributed by atoms with E-state index >= 15 is 0 Å². The number of rotatable bonds is 4. The Balaban J connectivity index is 1.62. The lowest BCUT2D eigenvalue weighted by Gasteiger charge is -2.23. The van der Waals surface area contributed by atoms with Gasteiger partial charge in [-0.1, -0.05) is 30.9 Å². The quantitative estimate of drug-likeness (QED) is 0.539. The van der Waals surface area contributed by atoms with E-state index in [0.29, 0.717) is 20.9 Å². The van der Waals surface area contributed by atoms with Crippen molar-refractivity contribution in [1.29, 1.82) is 0 Å². The van der Waals surface area contributed by atoms with Crippen molar-refractivity contribution >= 4 is 62.4 Å². The number of halogens is 2. The van der Waals surface area contributed by atoms with Crippen LogP contribution in [0.5, 0.6) is 0 Å². The van der Waals surface area contributed by atoms with Crippen molar-refractivity contribution in [3.63, 3.8) is 0 Å². The van der Waals surface area contributed by atoms with E-state index in [9.17, 15) is 9.59 Å².